The minimum Gasteiger partial charge on any atom is -0.323 e. The van der Waals surface area contributed by atoms with Gasteiger partial charge in [-0.15, -0.1) is 0 Å². The Morgan fingerprint density at radius 3 is 2.33 bits per heavy atom. The Bertz CT molecular complexity index is 323. The topological polar surface area (TPSA) is 38.4 Å². The summed E-state index contributed by atoms with van der Waals surface area (Å²) in [6.07, 6.45) is 0.716. The van der Waals surface area contributed by atoms with Crippen molar-refractivity contribution < 1.29 is 13.2 Å². The van der Waals surface area contributed by atoms with Crippen molar-refractivity contribution in [3.63, 3.8) is 0 Å². The van der Waals surface area contributed by atoms with Gasteiger partial charge in [-0.3, -0.25) is 0 Å². The number of rotatable bonds is 1. The van der Waals surface area contributed by atoms with Crippen LogP contribution >= 0.6 is 0 Å². The van der Waals surface area contributed by atoms with E-state index >= 15 is 0 Å². The predicted octanol–water partition coefficient (Wildman–Crippen LogP) is 1.40. The molecule has 0 bridgehead atoms. The zero-order valence-electron chi connectivity index (χ0n) is 5.89. The zero-order chi connectivity index (χ0) is 9.14. The smallest absolute Gasteiger partial charge is 0.170 e. The van der Waals surface area contributed by atoms with Crippen LogP contribution in [0, 0.1) is 17.5 Å². The summed E-state index contributed by atoms with van der Waals surface area (Å²) in [5.41, 5.74) is -0.572. The molecule has 12 heavy (non-hydrogen) atoms. The highest BCUT2D eigenvalue weighted by molar-refractivity contribution is 5.80. The van der Waals surface area contributed by atoms with Crippen LogP contribution in [-0.4, -0.2) is 6.21 Å². The Labute approximate surface area is 66.5 Å². The lowest BCUT2D eigenvalue weighted by Crippen LogP contribution is -1.98. The highest BCUT2D eigenvalue weighted by Gasteiger charge is 2.10. The van der Waals surface area contributed by atoms with Crippen molar-refractivity contribution >= 4 is 6.21 Å². The Morgan fingerprint density at radius 1 is 1.17 bits per heavy atom. The summed E-state index contributed by atoms with van der Waals surface area (Å²) >= 11 is 0. The van der Waals surface area contributed by atoms with E-state index in [9.17, 15) is 13.2 Å². The maximum Gasteiger partial charge on any atom is 0.170 e. The highest BCUT2D eigenvalue weighted by Crippen LogP contribution is 2.13. The summed E-state index contributed by atoms with van der Waals surface area (Å²) in [5, 5.41) is 2.90. The molecule has 0 atom stereocenters. The average molecular weight is 174 g/mol. The molecule has 1 aromatic rings. The van der Waals surface area contributed by atoms with E-state index in [4.69, 9.17) is 0 Å². The fraction of sp³-hybridized carbons (Fsp3) is 0. The largest absolute Gasteiger partial charge is 0.323 e. The van der Waals surface area contributed by atoms with Crippen LogP contribution < -0.4 is 5.84 Å². The van der Waals surface area contributed by atoms with E-state index in [1.165, 1.54) is 0 Å². The first-order valence-corrected chi connectivity index (χ1v) is 3.03. The molecule has 0 aromatic heterocycles. The normalized spacial score (nSPS) is 10.9. The molecule has 2 N–H and O–H groups in total. The van der Waals surface area contributed by atoms with Crippen LogP contribution in [0.1, 0.15) is 5.56 Å². The lowest BCUT2D eigenvalue weighted by Gasteiger charge is -1.98. The molecule has 0 aliphatic carbocycles. The van der Waals surface area contributed by atoms with Crippen molar-refractivity contribution in [1.82, 2.24) is 0 Å². The zero-order valence-corrected chi connectivity index (χ0v) is 5.89. The summed E-state index contributed by atoms with van der Waals surface area (Å²) in [6.45, 7) is 0. The second kappa shape index (κ2) is 3.25. The molecule has 1 rings (SSSR count). The van der Waals surface area contributed by atoms with Gasteiger partial charge in [-0.05, 0) is 12.1 Å². The van der Waals surface area contributed by atoms with Gasteiger partial charge in [0, 0.05) is 0 Å². The first-order valence-electron chi connectivity index (χ1n) is 3.03. The van der Waals surface area contributed by atoms with E-state index in [1.54, 1.807) is 0 Å². The molecule has 0 radical (unpaired) electrons. The number of nitrogens with two attached hydrogens (primary N) is 1. The average Bonchev–Trinajstić information content (AvgIpc) is 2.06. The summed E-state index contributed by atoms with van der Waals surface area (Å²) in [4.78, 5) is 0. The van der Waals surface area contributed by atoms with Crippen LogP contribution in [-0.2, 0) is 0 Å². The van der Waals surface area contributed by atoms with Crippen molar-refractivity contribution in [2.75, 3.05) is 0 Å². The fourth-order valence-electron chi connectivity index (χ4n) is 0.736. The molecule has 0 aliphatic rings. The number of benzene rings is 1. The molecule has 0 fully saturated rings. The first kappa shape index (κ1) is 8.58. The van der Waals surface area contributed by atoms with E-state index in [2.05, 4.69) is 10.9 Å². The molecule has 0 spiro atoms. The van der Waals surface area contributed by atoms with Gasteiger partial charge in [0.2, 0.25) is 0 Å². The van der Waals surface area contributed by atoms with Gasteiger partial charge >= 0.3 is 0 Å². The number of hydrogen-bond acceptors (Lipinski definition) is 2. The van der Waals surface area contributed by atoms with Gasteiger partial charge in [0.05, 0.1) is 11.8 Å². The molecule has 0 aliphatic heterocycles. The Morgan fingerprint density at radius 2 is 1.75 bits per heavy atom. The number of hydrogen-bond donors (Lipinski definition) is 1. The molecule has 0 saturated carbocycles. The van der Waals surface area contributed by atoms with Crippen molar-refractivity contribution in [3.8, 4) is 0 Å². The number of hydrazone groups is 1. The van der Waals surface area contributed by atoms with Crippen molar-refractivity contribution in [1.29, 1.82) is 0 Å². The first-order chi connectivity index (χ1) is 5.66. The molecule has 0 saturated heterocycles. The predicted molar refractivity (Wildman–Crippen MR) is 38.1 cm³/mol. The fourth-order valence-corrected chi connectivity index (χ4v) is 0.736. The Kier molecular flexibility index (Phi) is 2.32. The summed E-state index contributed by atoms with van der Waals surface area (Å²) in [5.74, 6) is 1.34. The van der Waals surface area contributed by atoms with E-state index in [0.29, 0.717) is 12.3 Å². The molecular formula is C7H5F3N2. The molecule has 0 unspecified atom stereocenters. The van der Waals surface area contributed by atoms with Crippen LogP contribution in [0.3, 0.4) is 0 Å². The van der Waals surface area contributed by atoms with Gasteiger partial charge < -0.3 is 5.84 Å². The minimum atomic E-state index is -1.29. The van der Waals surface area contributed by atoms with E-state index in [1.807, 2.05) is 0 Å². The molecule has 64 valence electrons. The third kappa shape index (κ3) is 1.39. The Hall–Kier alpha value is -1.52. The van der Waals surface area contributed by atoms with Crippen LogP contribution in [0.15, 0.2) is 17.2 Å². The molecule has 1 aromatic carbocycles. The third-order valence-corrected chi connectivity index (χ3v) is 1.28. The SMILES string of the molecule is NN=Cc1c(F)ccc(F)c1F. The summed E-state index contributed by atoms with van der Waals surface area (Å²) in [6, 6.07) is 1.49. The monoisotopic (exact) mass is 174 g/mol. The van der Waals surface area contributed by atoms with Gasteiger partial charge in [0.1, 0.15) is 5.82 Å². The van der Waals surface area contributed by atoms with Crippen molar-refractivity contribution in [2.45, 2.75) is 0 Å². The lowest BCUT2D eigenvalue weighted by molar-refractivity contribution is 0.493. The van der Waals surface area contributed by atoms with Crippen LogP contribution in [0.5, 0.6) is 0 Å². The summed E-state index contributed by atoms with van der Waals surface area (Å²) in [7, 11) is 0. The van der Waals surface area contributed by atoms with E-state index in [0.717, 1.165) is 6.07 Å². The van der Waals surface area contributed by atoms with Crippen molar-refractivity contribution in [3.05, 3.63) is 35.1 Å². The van der Waals surface area contributed by atoms with Crippen LogP contribution in [0.2, 0.25) is 0 Å². The van der Waals surface area contributed by atoms with Crippen LogP contribution in [0.25, 0.3) is 0 Å². The van der Waals surface area contributed by atoms with Gasteiger partial charge in [-0.2, -0.15) is 5.10 Å². The third-order valence-electron chi connectivity index (χ3n) is 1.28. The second-order valence-corrected chi connectivity index (χ2v) is 2.04. The van der Waals surface area contributed by atoms with Crippen LogP contribution in [0.4, 0.5) is 13.2 Å². The quantitative estimate of drug-likeness (QED) is 0.297. The van der Waals surface area contributed by atoms with E-state index < -0.39 is 23.0 Å². The van der Waals surface area contributed by atoms with Gasteiger partial charge in [-0.1, -0.05) is 0 Å². The van der Waals surface area contributed by atoms with Crippen molar-refractivity contribution in [2.24, 2.45) is 10.9 Å². The molecule has 2 nitrogen and oxygen atoms in total. The molecular weight excluding hydrogens is 169 g/mol. The number of nitrogens with zero attached hydrogens (tertiary/aromatic N) is 1. The molecule has 0 amide bonds. The van der Waals surface area contributed by atoms with Gasteiger partial charge in [-0.25, -0.2) is 13.2 Å². The van der Waals surface area contributed by atoms with Gasteiger partial charge in [0.15, 0.2) is 11.6 Å². The van der Waals surface area contributed by atoms with E-state index in [-0.39, 0.29) is 0 Å². The molecule has 0 heterocycles. The minimum absolute atomic E-state index is 0.572. The maximum absolute atomic E-state index is 12.7. The lowest BCUT2D eigenvalue weighted by atomic mass is 10.2. The maximum atomic E-state index is 12.7. The Balaban J connectivity index is 3.32. The van der Waals surface area contributed by atoms with Gasteiger partial charge in [0.25, 0.3) is 0 Å². The standard InChI is InChI=1S/C7H5F3N2/c8-5-1-2-6(9)7(10)4(5)3-12-11/h1-3H,11H2. The summed E-state index contributed by atoms with van der Waals surface area (Å²) < 4.78 is 37.8. The number of halogens is 3. The molecule has 5 heteroatoms. The highest BCUT2D eigenvalue weighted by atomic mass is 19.2. The second-order valence-electron chi connectivity index (χ2n) is 2.04.